The predicted octanol–water partition coefficient (Wildman–Crippen LogP) is 5.33. The monoisotopic (exact) mass is 448 g/mol. The van der Waals surface area contributed by atoms with Gasteiger partial charge >= 0.3 is 0 Å². The molecule has 0 fully saturated rings. The van der Waals surface area contributed by atoms with Crippen LogP contribution in [0.3, 0.4) is 0 Å². The second-order valence-electron chi connectivity index (χ2n) is 8.45. The number of benzene rings is 2. The van der Waals surface area contributed by atoms with Crippen LogP contribution < -0.4 is 4.74 Å². The van der Waals surface area contributed by atoms with Crippen LogP contribution >= 0.6 is 0 Å². The van der Waals surface area contributed by atoms with Crippen molar-refractivity contribution in [3.63, 3.8) is 0 Å². The van der Waals surface area contributed by atoms with Gasteiger partial charge in [0.2, 0.25) is 5.88 Å². The summed E-state index contributed by atoms with van der Waals surface area (Å²) in [7, 11) is 1.83. The molecule has 0 radical (unpaired) electrons. The summed E-state index contributed by atoms with van der Waals surface area (Å²) in [4.78, 5) is 20.2. The minimum atomic E-state index is 0.0310. The maximum absolute atomic E-state index is 12.8. The molecule has 33 heavy (non-hydrogen) atoms. The third-order valence-electron chi connectivity index (χ3n) is 5.21. The number of nitrogens with zero attached hydrogens (tertiary/aromatic N) is 4. The van der Waals surface area contributed by atoms with Crippen molar-refractivity contribution in [3.8, 4) is 11.6 Å². The summed E-state index contributed by atoms with van der Waals surface area (Å²) in [5.74, 6) is 1.34. The highest BCUT2D eigenvalue weighted by atomic mass is 16.6. The van der Waals surface area contributed by atoms with Crippen LogP contribution in [0.2, 0.25) is 0 Å². The number of oxime groups is 1. The lowest BCUT2D eigenvalue weighted by molar-refractivity contribution is 0.0643. The van der Waals surface area contributed by atoms with Crippen molar-refractivity contribution in [1.82, 2.24) is 14.7 Å². The quantitative estimate of drug-likeness (QED) is 0.328. The largest absolute Gasteiger partial charge is 0.439 e. The zero-order chi connectivity index (χ0) is 24.0. The Hall–Kier alpha value is -3.61. The number of ether oxygens (including phenoxy) is 1. The van der Waals surface area contributed by atoms with E-state index >= 15 is 0 Å². The standard InChI is InChI=1S/C26H32N4O3/c1-18(2)30(19(3)4)25(31)22-14-12-21(13-15-22)17-32-27-16-24-20(5)28-29(6)26(24)33-23-10-8-7-9-11-23/h7-16,18-19H,17H2,1-6H3. The summed E-state index contributed by atoms with van der Waals surface area (Å²) in [6.07, 6.45) is 1.61. The van der Waals surface area contributed by atoms with E-state index in [1.165, 1.54) is 0 Å². The zero-order valence-corrected chi connectivity index (χ0v) is 20.1. The summed E-state index contributed by atoms with van der Waals surface area (Å²) >= 11 is 0. The number of aryl methyl sites for hydroxylation is 2. The van der Waals surface area contributed by atoms with Gasteiger partial charge in [-0.15, -0.1) is 0 Å². The maximum Gasteiger partial charge on any atom is 0.254 e. The summed E-state index contributed by atoms with van der Waals surface area (Å²) in [5.41, 5.74) is 3.13. The highest BCUT2D eigenvalue weighted by Crippen LogP contribution is 2.25. The molecule has 3 rings (SSSR count). The Morgan fingerprint density at radius 3 is 2.30 bits per heavy atom. The first-order chi connectivity index (χ1) is 15.8. The highest BCUT2D eigenvalue weighted by Gasteiger charge is 2.21. The summed E-state index contributed by atoms with van der Waals surface area (Å²) < 4.78 is 7.66. The number of hydrogen-bond donors (Lipinski definition) is 0. The van der Waals surface area contributed by atoms with Gasteiger partial charge in [0.05, 0.1) is 17.5 Å². The minimum Gasteiger partial charge on any atom is -0.439 e. The second-order valence-corrected chi connectivity index (χ2v) is 8.45. The molecule has 0 N–H and O–H groups in total. The molecule has 174 valence electrons. The zero-order valence-electron chi connectivity index (χ0n) is 20.1. The van der Waals surface area contributed by atoms with Crippen molar-refractivity contribution < 1.29 is 14.4 Å². The number of hydrogen-bond acceptors (Lipinski definition) is 5. The van der Waals surface area contributed by atoms with E-state index in [4.69, 9.17) is 9.57 Å². The van der Waals surface area contributed by atoms with Crippen LogP contribution in [-0.4, -0.2) is 38.9 Å². The van der Waals surface area contributed by atoms with Gasteiger partial charge < -0.3 is 14.5 Å². The minimum absolute atomic E-state index is 0.0310. The molecule has 1 aromatic heterocycles. The smallest absolute Gasteiger partial charge is 0.254 e. The van der Waals surface area contributed by atoms with Crippen molar-refractivity contribution in [2.75, 3.05) is 0 Å². The van der Waals surface area contributed by atoms with Gasteiger partial charge in [0.25, 0.3) is 5.91 Å². The van der Waals surface area contributed by atoms with Crippen LogP contribution in [0.15, 0.2) is 59.8 Å². The lowest BCUT2D eigenvalue weighted by atomic mass is 10.1. The number of para-hydroxylation sites is 1. The molecule has 0 bridgehead atoms. The number of carbonyl (C=O) groups excluding carboxylic acids is 1. The fourth-order valence-electron chi connectivity index (χ4n) is 3.68. The van der Waals surface area contributed by atoms with Crippen LogP contribution in [0.5, 0.6) is 11.6 Å². The average Bonchev–Trinajstić information content (AvgIpc) is 3.04. The Labute approximate surface area is 195 Å². The molecule has 0 unspecified atom stereocenters. The molecular formula is C26H32N4O3. The molecule has 2 aromatic carbocycles. The molecule has 0 saturated heterocycles. The Morgan fingerprint density at radius 1 is 1.06 bits per heavy atom. The van der Waals surface area contributed by atoms with Crippen molar-refractivity contribution in [2.24, 2.45) is 12.2 Å². The van der Waals surface area contributed by atoms with Crippen LogP contribution in [0, 0.1) is 6.92 Å². The molecule has 0 atom stereocenters. The molecule has 0 spiro atoms. The molecule has 0 aliphatic carbocycles. The van der Waals surface area contributed by atoms with E-state index in [1.807, 2.05) is 101 Å². The molecular weight excluding hydrogens is 416 g/mol. The summed E-state index contributed by atoms with van der Waals surface area (Å²) in [6, 6.07) is 17.3. The first-order valence-corrected chi connectivity index (χ1v) is 11.1. The topological polar surface area (TPSA) is 69.0 Å². The van der Waals surface area contributed by atoms with Crippen molar-refractivity contribution >= 4 is 12.1 Å². The van der Waals surface area contributed by atoms with Gasteiger partial charge in [-0.2, -0.15) is 5.10 Å². The van der Waals surface area contributed by atoms with E-state index in [0.29, 0.717) is 11.4 Å². The molecule has 1 amide bonds. The Kier molecular flexibility index (Phi) is 7.87. The molecule has 0 aliphatic rings. The highest BCUT2D eigenvalue weighted by molar-refractivity contribution is 5.94. The molecule has 7 nitrogen and oxygen atoms in total. The first-order valence-electron chi connectivity index (χ1n) is 11.1. The predicted molar refractivity (Wildman–Crippen MR) is 130 cm³/mol. The van der Waals surface area contributed by atoms with Gasteiger partial charge in [0.15, 0.2) is 0 Å². The number of rotatable bonds is 9. The van der Waals surface area contributed by atoms with E-state index in [-0.39, 0.29) is 24.6 Å². The van der Waals surface area contributed by atoms with Gasteiger partial charge in [-0.05, 0) is 64.4 Å². The van der Waals surface area contributed by atoms with Crippen LogP contribution in [0.4, 0.5) is 0 Å². The molecule has 7 heteroatoms. The molecule has 1 heterocycles. The van der Waals surface area contributed by atoms with E-state index in [9.17, 15) is 4.79 Å². The van der Waals surface area contributed by atoms with Crippen molar-refractivity contribution in [1.29, 1.82) is 0 Å². The number of aromatic nitrogens is 2. The third-order valence-corrected chi connectivity index (χ3v) is 5.21. The fraction of sp³-hybridized carbons (Fsp3) is 0.346. The first kappa shape index (κ1) is 24.0. The van der Waals surface area contributed by atoms with E-state index in [1.54, 1.807) is 10.9 Å². The van der Waals surface area contributed by atoms with E-state index < -0.39 is 0 Å². The average molecular weight is 449 g/mol. The lowest BCUT2D eigenvalue weighted by Gasteiger charge is -2.30. The van der Waals surface area contributed by atoms with Gasteiger partial charge in [0.1, 0.15) is 12.4 Å². The normalized spacial score (nSPS) is 11.4. The van der Waals surface area contributed by atoms with Crippen molar-refractivity contribution in [2.45, 2.75) is 53.3 Å². The number of amides is 1. The van der Waals surface area contributed by atoms with E-state index in [2.05, 4.69) is 10.3 Å². The summed E-state index contributed by atoms with van der Waals surface area (Å²) in [5, 5.41) is 8.53. The van der Waals surface area contributed by atoms with E-state index in [0.717, 1.165) is 22.6 Å². The third kappa shape index (κ3) is 6.00. The van der Waals surface area contributed by atoms with Crippen LogP contribution in [-0.2, 0) is 18.5 Å². The maximum atomic E-state index is 12.8. The molecule has 3 aromatic rings. The van der Waals surface area contributed by atoms with Gasteiger partial charge in [-0.25, -0.2) is 4.68 Å². The summed E-state index contributed by atoms with van der Waals surface area (Å²) in [6.45, 7) is 10.3. The second kappa shape index (κ2) is 10.8. The SMILES string of the molecule is Cc1nn(C)c(Oc2ccccc2)c1C=NOCc1ccc(C(=O)N(C(C)C)C(C)C)cc1. The molecule has 0 aliphatic heterocycles. The Bertz CT molecular complexity index is 1080. The molecule has 0 saturated carbocycles. The number of carbonyl (C=O) groups is 1. The fourth-order valence-corrected chi connectivity index (χ4v) is 3.68. The Morgan fingerprint density at radius 2 is 1.70 bits per heavy atom. The van der Waals surface area contributed by atoms with Crippen molar-refractivity contribution in [3.05, 3.63) is 77.0 Å². The van der Waals surface area contributed by atoms with Gasteiger partial charge in [0, 0.05) is 24.7 Å². The van der Waals surface area contributed by atoms with Crippen LogP contribution in [0.25, 0.3) is 0 Å². The van der Waals surface area contributed by atoms with Crippen LogP contribution in [0.1, 0.15) is 54.9 Å². The Balaban J connectivity index is 1.63. The van der Waals surface area contributed by atoms with Gasteiger partial charge in [-0.1, -0.05) is 35.5 Å². The van der Waals surface area contributed by atoms with Gasteiger partial charge in [-0.3, -0.25) is 4.79 Å². The lowest BCUT2D eigenvalue weighted by Crippen LogP contribution is -2.42.